The molecule has 4 amide bonds. The lowest BCUT2D eigenvalue weighted by Gasteiger charge is -2.35. The summed E-state index contributed by atoms with van der Waals surface area (Å²) >= 11 is 0. The predicted octanol–water partition coefficient (Wildman–Crippen LogP) is 1.92. The van der Waals surface area contributed by atoms with Crippen molar-refractivity contribution in [3.8, 4) is 5.75 Å². The molecule has 1 spiro atoms. The molecule has 1 aromatic carbocycles. The number of rotatable bonds is 11. The number of alkyl carbamates (subject to hydrolysis) is 1. The molecule has 256 valence electrons. The van der Waals surface area contributed by atoms with E-state index >= 15 is 0 Å². The molecule has 1 aromatic rings. The number of ketones is 1. The maximum absolute atomic E-state index is 14.4. The highest BCUT2D eigenvalue weighted by atomic mass is 16.7. The van der Waals surface area contributed by atoms with Crippen LogP contribution in [0.3, 0.4) is 0 Å². The number of amides is 4. The summed E-state index contributed by atoms with van der Waals surface area (Å²) < 4.78 is 10.8. The number of ether oxygens (including phenoxy) is 2. The van der Waals surface area contributed by atoms with E-state index in [4.69, 9.17) is 14.3 Å². The number of hydrogen-bond donors (Lipinski definition) is 4. The van der Waals surface area contributed by atoms with E-state index in [-0.39, 0.29) is 44.2 Å². The highest BCUT2D eigenvalue weighted by Crippen LogP contribution is 2.40. The Morgan fingerprint density at radius 2 is 1.83 bits per heavy atom. The number of likely N-dealkylation sites (tertiary alicyclic amines) is 1. The number of phenols is 1. The average molecular weight is 656 g/mol. The summed E-state index contributed by atoms with van der Waals surface area (Å²) in [6, 6.07) is 3.19. The standard InChI is InChI=1S/C33H45N5O9/c1-5-6-23(26(40)29(42)34-20-9-10-20)35-28(41)25-16-33(15-24(37-47-33)19-7-11-21(39)12-8-19)18-38(25)30(43)27(32(2,3)4)36-31(44)46-22-13-14-45-17-22/h7-8,11-12,20,22-23,25,27,39H,5-6,9-10,13-18H2,1-4H3,(H,34,42)(H,35,41)(H,36,44)/t22-,23-,25-,27+,33+/m0/s1. The number of nitrogens with one attached hydrogen (secondary N) is 3. The third-order valence-electron chi connectivity index (χ3n) is 8.91. The number of carbonyl (C=O) groups excluding carboxylic acids is 5. The molecule has 4 aliphatic rings. The molecule has 4 N–H and O–H groups in total. The number of phenolic OH excluding ortho intramolecular Hbond substituents is 1. The van der Waals surface area contributed by atoms with Gasteiger partial charge >= 0.3 is 6.09 Å². The second kappa shape index (κ2) is 13.9. The van der Waals surface area contributed by atoms with Gasteiger partial charge in [-0.3, -0.25) is 19.2 Å². The summed E-state index contributed by atoms with van der Waals surface area (Å²) in [5, 5.41) is 22.2. The van der Waals surface area contributed by atoms with Gasteiger partial charge in [0.1, 0.15) is 23.9 Å². The van der Waals surface area contributed by atoms with E-state index in [9.17, 15) is 29.1 Å². The second-order valence-electron chi connectivity index (χ2n) is 14.0. The Labute approximate surface area is 273 Å². The van der Waals surface area contributed by atoms with Crippen LogP contribution < -0.4 is 16.0 Å². The first-order valence-corrected chi connectivity index (χ1v) is 16.3. The molecule has 0 unspecified atom stereocenters. The van der Waals surface area contributed by atoms with E-state index in [2.05, 4.69) is 21.1 Å². The summed E-state index contributed by atoms with van der Waals surface area (Å²) in [6.07, 6.45) is 2.07. The largest absolute Gasteiger partial charge is 0.508 e. The molecule has 14 nitrogen and oxygen atoms in total. The van der Waals surface area contributed by atoms with E-state index < -0.39 is 64.8 Å². The molecule has 0 aromatic heterocycles. The molecule has 14 heteroatoms. The van der Waals surface area contributed by atoms with E-state index in [0.29, 0.717) is 30.7 Å². The third-order valence-corrected chi connectivity index (χ3v) is 8.91. The summed E-state index contributed by atoms with van der Waals surface area (Å²) in [4.78, 5) is 74.4. The Balaban J connectivity index is 1.38. The van der Waals surface area contributed by atoms with Crippen LogP contribution in [0.1, 0.15) is 78.2 Å². The van der Waals surface area contributed by atoms with Crippen LogP contribution in [0.2, 0.25) is 0 Å². The second-order valence-corrected chi connectivity index (χ2v) is 14.0. The molecule has 5 atom stereocenters. The van der Waals surface area contributed by atoms with Gasteiger partial charge in [-0.05, 0) is 54.5 Å². The average Bonchev–Trinajstić information content (AvgIpc) is 3.37. The van der Waals surface area contributed by atoms with Crippen molar-refractivity contribution in [2.24, 2.45) is 10.6 Å². The Morgan fingerprint density at radius 3 is 2.45 bits per heavy atom. The van der Waals surface area contributed by atoms with Crippen molar-refractivity contribution in [2.45, 2.75) is 109 Å². The van der Waals surface area contributed by atoms with Crippen LogP contribution in [0.15, 0.2) is 29.4 Å². The zero-order chi connectivity index (χ0) is 33.9. The number of oxime groups is 1. The van der Waals surface area contributed by atoms with E-state index in [1.54, 1.807) is 32.9 Å². The van der Waals surface area contributed by atoms with Crippen LogP contribution in [0, 0.1) is 5.41 Å². The van der Waals surface area contributed by atoms with Crippen LogP contribution in [0.4, 0.5) is 4.79 Å². The molecule has 3 aliphatic heterocycles. The van der Waals surface area contributed by atoms with Crippen LogP contribution in [-0.2, 0) is 33.5 Å². The molecule has 2 saturated heterocycles. The Bertz CT molecular complexity index is 1400. The van der Waals surface area contributed by atoms with Gasteiger partial charge in [0.05, 0.1) is 31.5 Å². The molecule has 1 saturated carbocycles. The van der Waals surface area contributed by atoms with Crippen molar-refractivity contribution in [3.63, 3.8) is 0 Å². The lowest BCUT2D eigenvalue weighted by molar-refractivity contribution is -0.144. The van der Waals surface area contributed by atoms with Crippen molar-refractivity contribution in [1.82, 2.24) is 20.9 Å². The zero-order valence-electron chi connectivity index (χ0n) is 27.4. The fourth-order valence-electron chi connectivity index (χ4n) is 6.13. The first kappa shape index (κ1) is 34.1. The zero-order valence-corrected chi connectivity index (χ0v) is 27.4. The minimum atomic E-state index is -1.10. The van der Waals surface area contributed by atoms with Gasteiger partial charge in [0.15, 0.2) is 5.60 Å². The van der Waals surface area contributed by atoms with E-state index in [1.807, 2.05) is 6.92 Å². The normalized spacial score (nSPS) is 25.0. The quantitative estimate of drug-likeness (QED) is 0.259. The highest BCUT2D eigenvalue weighted by molar-refractivity contribution is 6.38. The summed E-state index contributed by atoms with van der Waals surface area (Å²) in [5.41, 5.74) is -0.552. The number of hydrogen-bond acceptors (Lipinski definition) is 10. The van der Waals surface area contributed by atoms with Crippen LogP contribution in [0.25, 0.3) is 0 Å². The fourth-order valence-corrected chi connectivity index (χ4v) is 6.13. The predicted molar refractivity (Wildman–Crippen MR) is 168 cm³/mol. The monoisotopic (exact) mass is 655 g/mol. The summed E-state index contributed by atoms with van der Waals surface area (Å²) in [5.74, 6) is -2.52. The van der Waals surface area contributed by atoms with Crippen LogP contribution in [0.5, 0.6) is 5.75 Å². The molecule has 1 aliphatic carbocycles. The first-order chi connectivity index (χ1) is 22.3. The van der Waals surface area contributed by atoms with Gasteiger partial charge in [0, 0.05) is 25.3 Å². The molecular weight excluding hydrogens is 610 g/mol. The van der Waals surface area contributed by atoms with Gasteiger partial charge < -0.3 is 40.3 Å². The molecule has 3 heterocycles. The Hall–Kier alpha value is -4.20. The maximum atomic E-state index is 14.4. The number of benzene rings is 1. The van der Waals surface area contributed by atoms with Crippen molar-refractivity contribution in [3.05, 3.63) is 29.8 Å². The van der Waals surface area contributed by atoms with Gasteiger partial charge in [-0.1, -0.05) is 39.3 Å². The first-order valence-electron chi connectivity index (χ1n) is 16.3. The molecule has 3 fully saturated rings. The third kappa shape index (κ3) is 8.21. The van der Waals surface area contributed by atoms with Crippen molar-refractivity contribution in [2.75, 3.05) is 19.8 Å². The Kier molecular flexibility index (Phi) is 10.1. The van der Waals surface area contributed by atoms with Gasteiger partial charge in [-0.2, -0.15) is 0 Å². The topological polar surface area (TPSA) is 185 Å². The SMILES string of the molecule is CCC[C@H](NC(=O)[C@@H]1C[C@]2(CC(c3ccc(O)cc3)=NO2)CN1C(=O)[C@@H](NC(=O)O[C@H]1CCOC1)C(C)(C)C)C(=O)C(=O)NC1CC1. The molecule has 5 rings (SSSR count). The molecule has 47 heavy (non-hydrogen) atoms. The van der Waals surface area contributed by atoms with Gasteiger partial charge in [-0.15, -0.1) is 0 Å². The minimum absolute atomic E-state index is 0.0239. The maximum Gasteiger partial charge on any atom is 0.408 e. The van der Waals surface area contributed by atoms with E-state index in [0.717, 1.165) is 12.8 Å². The van der Waals surface area contributed by atoms with Crippen molar-refractivity contribution >= 4 is 35.3 Å². The lowest BCUT2D eigenvalue weighted by Crippen LogP contribution is -2.59. The molecule has 0 radical (unpaired) electrons. The van der Waals surface area contributed by atoms with Crippen molar-refractivity contribution in [1.29, 1.82) is 0 Å². The highest BCUT2D eigenvalue weighted by Gasteiger charge is 2.55. The van der Waals surface area contributed by atoms with E-state index in [1.165, 1.54) is 17.0 Å². The lowest BCUT2D eigenvalue weighted by atomic mass is 9.85. The molecule has 0 bridgehead atoms. The van der Waals surface area contributed by atoms with Crippen LogP contribution in [-0.4, -0.2) is 101 Å². The number of carbonyl (C=O) groups is 5. The summed E-state index contributed by atoms with van der Waals surface area (Å²) in [6.45, 7) is 7.95. The Morgan fingerprint density at radius 1 is 1.11 bits per heavy atom. The molecular formula is C33H45N5O9. The van der Waals surface area contributed by atoms with Gasteiger partial charge in [-0.25, -0.2) is 4.79 Å². The summed E-state index contributed by atoms with van der Waals surface area (Å²) in [7, 11) is 0. The number of nitrogens with zero attached hydrogens (tertiary/aromatic N) is 2. The minimum Gasteiger partial charge on any atom is -0.508 e. The van der Waals surface area contributed by atoms with Crippen LogP contribution >= 0.6 is 0 Å². The smallest absolute Gasteiger partial charge is 0.408 e. The number of aromatic hydroxyl groups is 1. The number of Topliss-reactive ketones (excluding diaryl/α,β-unsaturated/α-hetero) is 1. The van der Waals surface area contributed by atoms with Gasteiger partial charge in [0.25, 0.3) is 5.91 Å². The van der Waals surface area contributed by atoms with Crippen molar-refractivity contribution < 1.29 is 43.4 Å². The fraction of sp³-hybridized carbons (Fsp3) is 0.636. The van der Waals surface area contributed by atoms with Gasteiger partial charge in [0.2, 0.25) is 17.6 Å².